The molecule has 8 heteroatoms. The predicted octanol–water partition coefficient (Wildman–Crippen LogP) is 2.82. The van der Waals surface area contributed by atoms with Gasteiger partial charge in [0.2, 0.25) is 0 Å². The van der Waals surface area contributed by atoms with Gasteiger partial charge in [0.15, 0.2) is 21.3 Å². The van der Waals surface area contributed by atoms with Gasteiger partial charge in [0.05, 0.1) is 37.5 Å². The van der Waals surface area contributed by atoms with Crippen LogP contribution in [0.1, 0.15) is 40.5 Å². The minimum atomic E-state index is -2.94. The summed E-state index contributed by atoms with van der Waals surface area (Å²) in [4.78, 5) is 2.24. The monoisotopic (exact) mass is 421 g/mol. The number of aryl methyl sites for hydroxylation is 2. The van der Waals surface area contributed by atoms with Crippen LogP contribution in [0.25, 0.3) is 0 Å². The average molecular weight is 422 g/mol. The number of rotatable bonds is 7. The zero-order chi connectivity index (χ0) is 21.3. The fourth-order valence-corrected chi connectivity index (χ4v) is 5.75. The van der Waals surface area contributed by atoms with E-state index in [-0.39, 0.29) is 17.5 Å². The molecule has 2 aromatic rings. The molecule has 1 aromatic heterocycles. The highest BCUT2D eigenvalue weighted by atomic mass is 32.2. The van der Waals surface area contributed by atoms with Gasteiger partial charge in [-0.05, 0) is 57.5 Å². The van der Waals surface area contributed by atoms with Gasteiger partial charge in [0.1, 0.15) is 0 Å². The van der Waals surface area contributed by atoms with Gasteiger partial charge in [-0.1, -0.05) is 0 Å². The topological polar surface area (TPSA) is 73.7 Å². The van der Waals surface area contributed by atoms with Gasteiger partial charge in [-0.15, -0.1) is 0 Å². The first kappa shape index (κ1) is 21.6. The van der Waals surface area contributed by atoms with Crippen LogP contribution in [0.15, 0.2) is 12.1 Å². The molecule has 1 fully saturated rings. The Morgan fingerprint density at radius 1 is 1.14 bits per heavy atom. The molecule has 0 N–H and O–H groups in total. The summed E-state index contributed by atoms with van der Waals surface area (Å²) in [6.07, 6.45) is 0.643. The van der Waals surface area contributed by atoms with Crippen molar-refractivity contribution in [3.8, 4) is 11.5 Å². The molecule has 1 aliphatic rings. The normalized spacial score (nSPS) is 18.4. The summed E-state index contributed by atoms with van der Waals surface area (Å²) in [5.41, 5.74) is 5.50. The second-order valence-electron chi connectivity index (χ2n) is 7.96. The second kappa shape index (κ2) is 8.36. The largest absolute Gasteiger partial charge is 0.493 e. The molecule has 1 aromatic carbocycles. The van der Waals surface area contributed by atoms with E-state index >= 15 is 0 Å². The van der Waals surface area contributed by atoms with Crippen LogP contribution < -0.4 is 9.47 Å². The summed E-state index contributed by atoms with van der Waals surface area (Å²) >= 11 is 0. The first-order valence-electron chi connectivity index (χ1n) is 9.80. The Hall–Kier alpha value is -2.06. The SMILES string of the molecule is COc1cc(C)c(CN(C)Cc2c(C)nn([C@@H]3CCS(=O)(=O)C3)c2C)cc1OC. The highest BCUT2D eigenvalue weighted by molar-refractivity contribution is 7.91. The lowest BCUT2D eigenvalue weighted by molar-refractivity contribution is 0.314. The van der Waals surface area contributed by atoms with Crippen molar-refractivity contribution in [2.24, 2.45) is 0 Å². The van der Waals surface area contributed by atoms with Crippen LogP contribution in [-0.2, 0) is 22.9 Å². The molecule has 1 aliphatic heterocycles. The van der Waals surface area contributed by atoms with Crippen molar-refractivity contribution < 1.29 is 17.9 Å². The van der Waals surface area contributed by atoms with E-state index in [9.17, 15) is 8.42 Å². The molecule has 0 bridgehead atoms. The average Bonchev–Trinajstić information content (AvgIpc) is 3.16. The number of nitrogens with zero attached hydrogens (tertiary/aromatic N) is 3. The molecule has 2 heterocycles. The van der Waals surface area contributed by atoms with E-state index in [4.69, 9.17) is 9.47 Å². The molecule has 0 saturated carbocycles. The molecule has 7 nitrogen and oxygen atoms in total. The van der Waals surface area contributed by atoms with Gasteiger partial charge in [-0.25, -0.2) is 8.42 Å². The lowest BCUT2D eigenvalue weighted by atomic mass is 10.1. The van der Waals surface area contributed by atoms with E-state index in [2.05, 4.69) is 24.0 Å². The minimum absolute atomic E-state index is 0.0501. The molecule has 29 heavy (non-hydrogen) atoms. The quantitative estimate of drug-likeness (QED) is 0.684. The molecular weight excluding hydrogens is 390 g/mol. The Bertz CT molecular complexity index is 998. The third-order valence-electron chi connectivity index (χ3n) is 5.74. The number of aromatic nitrogens is 2. The van der Waals surface area contributed by atoms with Crippen molar-refractivity contribution in [3.63, 3.8) is 0 Å². The van der Waals surface area contributed by atoms with Crippen molar-refractivity contribution in [2.75, 3.05) is 32.8 Å². The van der Waals surface area contributed by atoms with Crippen molar-refractivity contribution in [2.45, 2.75) is 46.3 Å². The molecule has 3 rings (SSSR count). The fraction of sp³-hybridized carbons (Fsp3) is 0.571. The van der Waals surface area contributed by atoms with Crippen LogP contribution in [0.2, 0.25) is 0 Å². The van der Waals surface area contributed by atoms with E-state index in [0.717, 1.165) is 47.1 Å². The van der Waals surface area contributed by atoms with Gasteiger partial charge in [-0.2, -0.15) is 5.10 Å². The Morgan fingerprint density at radius 3 is 2.38 bits per heavy atom. The predicted molar refractivity (Wildman–Crippen MR) is 113 cm³/mol. The van der Waals surface area contributed by atoms with E-state index in [0.29, 0.717) is 6.42 Å². The minimum Gasteiger partial charge on any atom is -0.493 e. The van der Waals surface area contributed by atoms with E-state index in [1.54, 1.807) is 14.2 Å². The van der Waals surface area contributed by atoms with Crippen molar-refractivity contribution in [1.82, 2.24) is 14.7 Å². The van der Waals surface area contributed by atoms with Crippen molar-refractivity contribution in [1.29, 1.82) is 0 Å². The van der Waals surface area contributed by atoms with Crippen molar-refractivity contribution >= 4 is 9.84 Å². The molecule has 0 spiro atoms. The first-order valence-corrected chi connectivity index (χ1v) is 11.6. The third kappa shape index (κ3) is 4.59. The summed E-state index contributed by atoms with van der Waals surface area (Å²) in [6, 6.07) is 3.97. The van der Waals surface area contributed by atoms with Gasteiger partial charge in [-0.3, -0.25) is 9.58 Å². The molecule has 1 saturated heterocycles. The van der Waals surface area contributed by atoms with Crippen LogP contribution in [0.4, 0.5) is 0 Å². The fourth-order valence-electron chi connectivity index (χ4n) is 4.06. The van der Waals surface area contributed by atoms with Crippen molar-refractivity contribution in [3.05, 3.63) is 40.2 Å². The Labute approximate surface area is 173 Å². The maximum absolute atomic E-state index is 11.9. The van der Waals surface area contributed by atoms with E-state index in [1.165, 1.54) is 5.56 Å². The molecule has 0 amide bonds. The van der Waals surface area contributed by atoms with Crippen LogP contribution >= 0.6 is 0 Å². The number of hydrogen-bond donors (Lipinski definition) is 0. The summed E-state index contributed by atoms with van der Waals surface area (Å²) in [5, 5.41) is 4.67. The van der Waals surface area contributed by atoms with E-state index < -0.39 is 9.84 Å². The van der Waals surface area contributed by atoms with Gasteiger partial charge in [0, 0.05) is 24.3 Å². The Morgan fingerprint density at radius 2 is 1.79 bits per heavy atom. The number of ether oxygens (including phenoxy) is 2. The standard InChI is InChI=1S/C21H31N3O4S/c1-14-9-20(27-5)21(28-6)10-17(14)11-23(4)12-19-15(2)22-24(16(19)3)18-7-8-29(25,26)13-18/h9-10,18H,7-8,11-13H2,1-6H3/t18-/m1/s1. The molecule has 0 aliphatic carbocycles. The van der Waals surface area contributed by atoms with Crippen LogP contribution in [0.5, 0.6) is 11.5 Å². The van der Waals surface area contributed by atoms with Crippen LogP contribution in [-0.4, -0.2) is 55.9 Å². The number of benzene rings is 1. The summed E-state index contributed by atoms with van der Waals surface area (Å²) in [5.74, 6) is 1.90. The van der Waals surface area contributed by atoms with Gasteiger partial charge in [0.25, 0.3) is 0 Å². The third-order valence-corrected chi connectivity index (χ3v) is 7.49. The smallest absolute Gasteiger partial charge is 0.161 e. The van der Waals surface area contributed by atoms with Gasteiger partial charge < -0.3 is 9.47 Å². The lowest BCUT2D eigenvalue weighted by Crippen LogP contribution is -2.19. The molecule has 0 unspecified atom stereocenters. The lowest BCUT2D eigenvalue weighted by Gasteiger charge is -2.20. The number of hydrogen-bond acceptors (Lipinski definition) is 6. The summed E-state index contributed by atoms with van der Waals surface area (Å²) < 4.78 is 36.5. The molecular formula is C21H31N3O4S. The molecule has 1 atom stereocenters. The van der Waals surface area contributed by atoms with E-state index in [1.807, 2.05) is 30.7 Å². The molecule has 160 valence electrons. The van der Waals surface area contributed by atoms with Gasteiger partial charge >= 0.3 is 0 Å². The zero-order valence-electron chi connectivity index (χ0n) is 18.2. The zero-order valence-corrected chi connectivity index (χ0v) is 19.0. The Balaban J connectivity index is 1.77. The Kier molecular flexibility index (Phi) is 6.24. The number of sulfone groups is 1. The highest BCUT2D eigenvalue weighted by Crippen LogP contribution is 2.31. The van der Waals surface area contributed by atoms with Crippen LogP contribution in [0, 0.1) is 20.8 Å². The first-order chi connectivity index (χ1) is 13.6. The van der Waals surface area contributed by atoms with Crippen LogP contribution in [0.3, 0.4) is 0 Å². The maximum atomic E-state index is 11.9. The second-order valence-corrected chi connectivity index (χ2v) is 10.2. The summed E-state index contributed by atoms with van der Waals surface area (Å²) in [6.45, 7) is 7.60. The molecule has 0 radical (unpaired) electrons. The maximum Gasteiger partial charge on any atom is 0.161 e. The highest BCUT2D eigenvalue weighted by Gasteiger charge is 2.31. The summed E-state index contributed by atoms with van der Waals surface area (Å²) in [7, 11) is 2.42. The number of methoxy groups -OCH3 is 2.